The molecule has 0 unspecified atom stereocenters. The second kappa shape index (κ2) is 7.75. The van der Waals surface area contributed by atoms with Crippen LogP contribution >= 0.6 is 0 Å². The van der Waals surface area contributed by atoms with Crippen LogP contribution in [-0.2, 0) is 6.42 Å². The molecule has 0 saturated carbocycles. The molecule has 30 heavy (non-hydrogen) atoms. The van der Waals surface area contributed by atoms with Crippen LogP contribution < -0.4 is 4.90 Å². The third-order valence-electron chi connectivity index (χ3n) is 5.84. The first-order chi connectivity index (χ1) is 14.7. The fraction of sp³-hybridized carbons (Fsp3) is 0.240. The molecule has 150 valence electrons. The van der Waals surface area contributed by atoms with Crippen molar-refractivity contribution in [3.8, 4) is 11.4 Å². The van der Waals surface area contributed by atoms with Crippen LogP contribution in [0.15, 0.2) is 61.1 Å². The molecule has 0 fully saturated rings. The number of nitrogens with one attached hydrogen (secondary N) is 1. The van der Waals surface area contributed by atoms with Crippen LogP contribution in [0.4, 0.5) is 5.82 Å². The van der Waals surface area contributed by atoms with Gasteiger partial charge in [0.15, 0.2) is 5.82 Å². The van der Waals surface area contributed by atoms with Gasteiger partial charge in [0.1, 0.15) is 5.82 Å². The first-order valence-corrected chi connectivity index (χ1v) is 10.5. The molecule has 4 aromatic rings. The van der Waals surface area contributed by atoms with Crippen molar-refractivity contribution >= 4 is 22.3 Å². The van der Waals surface area contributed by atoms with E-state index in [0.29, 0.717) is 0 Å². The Balaban J connectivity index is 1.43. The average Bonchev–Trinajstić information content (AvgIpc) is 3.24. The van der Waals surface area contributed by atoms with Gasteiger partial charge in [0.2, 0.25) is 0 Å². The van der Waals surface area contributed by atoms with Gasteiger partial charge in [-0.05, 0) is 43.0 Å². The van der Waals surface area contributed by atoms with Crippen LogP contribution in [0.25, 0.3) is 27.9 Å². The number of aromatic amines is 1. The van der Waals surface area contributed by atoms with E-state index in [0.717, 1.165) is 48.8 Å². The van der Waals surface area contributed by atoms with Crippen molar-refractivity contribution in [3.05, 3.63) is 77.9 Å². The summed E-state index contributed by atoms with van der Waals surface area (Å²) >= 11 is 0. The normalized spacial score (nSPS) is 14.2. The van der Waals surface area contributed by atoms with Crippen LogP contribution in [-0.4, -0.2) is 33.0 Å². The van der Waals surface area contributed by atoms with E-state index in [1.807, 2.05) is 19.1 Å². The predicted molar refractivity (Wildman–Crippen MR) is 122 cm³/mol. The number of aryl methyl sites for hydroxylation is 2. The van der Waals surface area contributed by atoms with Crippen molar-refractivity contribution in [2.75, 3.05) is 18.0 Å². The van der Waals surface area contributed by atoms with Gasteiger partial charge in [-0.2, -0.15) is 0 Å². The minimum atomic E-state index is 0.755. The summed E-state index contributed by atoms with van der Waals surface area (Å²) < 4.78 is 0. The molecule has 5 rings (SSSR count). The standard InChI is InChI=1S/C25H25N5/c1-3-18-5-4-6-21-22(16-27-24(18)21)19-9-13-30(14-10-19)23-15-17(2)28-25(29-23)20-7-11-26-12-8-20/h4-9,11-12,15-16,27H,3,10,13-14H2,1-2H3. The van der Waals surface area contributed by atoms with E-state index in [2.05, 4.69) is 63.3 Å². The summed E-state index contributed by atoms with van der Waals surface area (Å²) in [6, 6.07) is 12.6. The smallest absolute Gasteiger partial charge is 0.161 e. The van der Waals surface area contributed by atoms with Crippen LogP contribution in [0.2, 0.25) is 0 Å². The number of nitrogens with zero attached hydrogens (tertiary/aromatic N) is 4. The van der Waals surface area contributed by atoms with E-state index in [4.69, 9.17) is 4.98 Å². The van der Waals surface area contributed by atoms with Crippen LogP contribution in [0.5, 0.6) is 0 Å². The maximum Gasteiger partial charge on any atom is 0.161 e. The minimum absolute atomic E-state index is 0.755. The van der Waals surface area contributed by atoms with Gasteiger partial charge in [-0.3, -0.25) is 4.98 Å². The van der Waals surface area contributed by atoms with E-state index >= 15 is 0 Å². The maximum atomic E-state index is 4.84. The Bertz CT molecular complexity index is 1220. The average molecular weight is 396 g/mol. The number of hydrogen-bond donors (Lipinski definition) is 1. The molecule has 0 bridgehead atoms. The minimum Gasteiger partial charge on any atom is -0.360 e. The molecule has 0 radical (unpaired) electrons. The topological polar surface area (TPSA) is 57.7 Å². The molecule has 3 aromatic heterocycles. The van der Waals surface area contributed by atoms with Gasteiger partial charge >= 0.3 is 0 Å². The summed E-state index contributed by atoms with van der Waals surface area (Å²) in [7, 11) is 0. The summed E-state index contributed by atoms with van der Waals surface area (Å²) in [6.45, 7) is 6.02. The van der Waals surface area contributed by atoms with Gasteiger partial charge in [-0.15, -0.1) is 0 Å². The Labute approximate surface area is 176 Å². The first-order valence-electron chi connectivity index (χ1n) is 10.5. The first kappa shape index (κ1) is 18.6. The molecular formula is C25H25N5. The van der Waals surface area contributed by atoms with Crippen molar-refractivity contribution in [1.82, 2.24) is 19.9 Å². The van der Waals surface area contributed by atoms with E-state index in [1.54, 1.807) is 12.4 Å². The maximum absolute atomic E-state index is 4.84. The molecule has 1 aliphatic rings. The number of para-hydroxylation sites is 1. The summed E-state index contributed by atoms with van der Waals surface area (Å²) in [5.74, 6) is 1.74. The predicted octanol–water partition coefficient (Wildman–Crippen LogP) is 5.18. The third kappa shape index (κ3) is 3.36. The van der Waals surface area contributed by atoms with Crippen molar-refractivity contribution in [1.29, 1.82) is 0 Å². The Morgan fingerprint density at radius 3 is 2.73 bits per heavy atom. The Hall–Kier alpha value is -3.47. The highest BCUT2D eigenvalue weighted by atomic mass is 15.2. The summed E-state index contributed by atoms with van der Waals surface area (Å²) in [4.78, 5) is 19.4. The second-order valence-corrected chi connectivity index (χ2v) is 7.75. The molecule has 4 heterocycles. The number of H-pyrrole nitrogens is 1. The monoisotopic (exact) mass is 395 g/mol. The molecule has 1 N–H and O–H groups in total. The lowest BCUT2D eigenvalue weighted by Crippen LogP contribution is -2.29. The van der Waals surface area contributed by atoms with Crippen LogP contribution in [0.1, 0.15) is 30.2 Å². The van der Waals surface area contributed by atoms with Crippen molar-refractivity contribution in [2.45, 2.75) is 26.7 Å². The quantitative estimate of drug-likeness (QED) is 0.517. The molecule has 0 atom stereocenters. The number of pyridine rings is 1. The third-order valence-corrected chi connectivity index (χ3v) is 5.84. The van der Waals surface area contributed by atoms with Gasteiger partial charge in [-0.1, -0.05) is 31.2 Å². The Kier molecular flexibility index (Phi) is 4.79. The van der Waals surface area contributed by atoms with Gasteiger partial charge in [-0.25, -0.2) is 9.97 Å². The number of hydrogen-bond acceptors (Lipinski definition) is 4. The van der Waals surface area contributed by atoms with Gasteiger partial charge < -0.3 is 9.88 Å². The molecule has 0 spiro atoms. The second-order valence-electron chi connectivity index (χ2n) is 7.75. The molecule has 0 aliphatic carbocycles. The number of anilines is 1. The van der Waals surface area contributed by atoms with Crippen molar-refractivity contribution in [2.24, 2.45) is 0 Å². The highest BCUT2D eigenvalue weighted by Crippen LogP contribution is 2.32. The molecule has 5 nitrogen and oxygen atoms in total. The SMILES string of the molecule is CCc1cccc2c(C3=CCN(c4cc(C)nc(-c5ccncc5)n4)CC3)c[nH]c12. The molecular weight excluding hydrogens is 370 g/mol. The highest BCUT2D eigenvalue weighted by Gasteiger charge is 2.18. The zero-order valence-corrected chi connectivity index (χ0v) is 17.4. The van der Waals surface area contributed by atoms with Crippen molar-refractivity contribution < 1.29 is 0 Å². The van der Waals surface area contributed by atoms with Gasteiger partial charge in [0, 0.05) is 65.5 Å². The summed E-state index contributed by atoms with van der Waals surface area (Å²) in [5.41, 5.74) is 7.35. The Morgan fingerprint density at radius 2 is 1.97 bits per heavy atom. The molecule has 1 aromatic carbocycles. The highest BCUT2D eigenvalue weighted by molar-refractivity contribution is 5.94. The van der Waals surface area contributed by atoms with Crippen LogP contribution in [0, 0.1) is 6.92 Å². The van der Waals surface area contributed by atoms with Crippen molar-refractivity contribution in [3.63, 3.8) is 0 Å². The van der Waals surface area contributed by atoms with E-state index < -0.39 is 0 Å². The van der Waals surface area contributed by atoms with Crippen LogP contribution in [0.3, 0.4) is 0 Å². The molecule has 5 heteroatoms. The summed E-state index contributed by atoms with van der Waals surface area (Å²) in [6.07, 6.45) is 10.1. The number of rotatable bonds is 4. The zero-order valence-electron chi connectivity index (χ0n) is 17.4. The van der Waals surface area contributed by atoms with E-state index in [9.17, 15) is 0 Å². The zero-order chi connectivity index (χ0) is 20.5. The molecule has 0 amide bonds. The fourth-order valence-corrected chi connectivity index (χ4v) is 4.24. The number of aromatic nitrogens is 4. The lowest BCUT2D eigenvalue weighted by atomic mass is 9.97. The molecule has 1 aliphatic heterocycles. The number of fused-ring (bicyclic) bond motifs is 1. The van der Waals surface area contributed by atoms with Gasteiger partial charge in [0.05, 0.1) is 0 Å². The fourth-order valence-electron chi connectivity index (χ4n) is 4.24. The lowest BCUT2D eigenvalue weighted by molar-refractivity contribution is 0.812. The van der Waals surface area contributed by atoms with E-state index in [1.165, 1.54) is 27.6 Å². The largest absolute Gasteiger partial charge is 0.360 e. The van der Waals surface area contributed by atoms with E-state index in [-0.39, 0.29) is 0 Å². The lowest BCUT2D eigenvalue weighted by Gasteiger charge is -2.28. The van der Waals surface area contributed by atoms with Gasteiger partial charge in [0.25, 0.3) is 0 Å². The number of benzene rings is 1. The summed E-state index contributed by atoms with van der Waals surface area (Å²) in [5, 5.41) is 1.33. The Morgan fingerprint density at radius 1 is 1.10 bits per heavy atom. The molecule has 0 saturated heterocycles.